The molecule has 0 spiro atoms. The van der Waals surface area contributed by atoms with E-state index in [0.29, 0.717) is 0 Å². The molecule has 1 N–H and O–H groups in total. The van der Waals surface area contributed by atoms with Crippen LogP contribution >= 0.6 is 0 Å². The van der Waals surface area contributed by atoms with Gasteiger partial charge in [0.1, 0.15) is 17.9 Å². The normalized spacial score (nSPS) is 13.7. The van der Waals surface area contributed by atoms with E-state index in [1.54, 1.807) is 20.8 Å². The summed E-state index contributed by atoms with van der Waals surface area (Å²) in [7, 11) is -2.26. The first-order chi connectivity index (χ1) is 11.7. The topological polar surface area (TPSA) is 64.6 Å². The lowest BCUT2D eigenvalue weighted by Crippen LogP contribution is -2.62. The maximum Gasteiger partial charge on any atom is 0.408 e. The number of hydrogen-bond donors (Lipinski definition) is 1. The van der Waals surface area contributed by atoms with Gasteiger partial charge in [0.2, 0.25) is 0 Å². The Morgan fingerprint density at radius 2 is 1.58 bits per heavy atom. The Kier molecular flexibility index (Phi) is 7.05. The summed E-state index contributed by atoms with van der Waals surface area (Å²) in [6.45, 7) is 16.0. The number of ether oxygens (including phenoxy) is 2. The average Bonchev–Trinajstić information content (AvgIpc) is 2.48. The van der Waals surface area contributed by atoms with E-state index < -0.39 is 31.4 Å². The Labute approximate surface area is 158 Å². The summed E-state index contributed by atoms with van der Waals surface area (Å²) in [4.78, 5) is 25.2. The van der Waals surface area contributed by atoms with E-state index in [1.807, 2.05) is 30.3 Å². The van der Waals surface area contributed by atoms with Crippen molar-refractivity contribution in [2.24, 2.45) is 0 Å². The van der Waals surface area contributed by atoms with E-state index in [2.05, 4.69) is 39.2 Å². The van der Waals surface area contributed by atoms with Crippen LogP contribution in [-0.4, -0.2) is 31.4 Å². The molecule has 0 heterocycles. The van der Waals surface area contributed by atoms with Crippen LogP contribution in [0.1, 0.15) is 47.1 Å². The molecule has 0 aromatic heterocycles. The van der Waals surface area contributed by atoms with Crippen LogP contribution in [0, 0.1) is 0 Å². The van der Waals surface area contributed by atoms with Crippen LogP contribution in [0.25, 0.3) is 0 Å². The molecule has 1 atom stereocenters. The number of hydrogen-bond acceptors (Lipinski definition) is 4. The highest BCUT2D eigenvalue weighted by Crippen LogP contribution is 2.38. The lowest BCUT2D eigenvalue weighted by Gasteiger charge is -2.41. The molecule has 0 radical (unpaired) electrons. The number of benzene rings is 1. The molecule has 0 aliphatic rings. The van der Waals surface area contributed by atoms with E-state index in [-0.39, 0.29) is 11.6 Å². The summed E-state index contributed by atoms with van der Waals surface area (Å²) in [5.74, 6) is -0.411. The minimum atomic E-state index is -2.26. The van der Waals surface area contributed by atoms with Crippen LogP contribution in [0.3, 0.4) is 0 Å². The molecule has 1 aromatic carbocycles. The molecule has 0 saturated carbocycles. The van der Waals surface area contributed by atoms with E-state index in [4.69, 9.17) is 9.47 Å². The summed E-state index contributed by atoms with van der Waals surface area (Å²) in [5.41, 5.74) is -0.413. The number of esters is 1. The van der Waals surface area contributed by atoms with Gasteiger partial charge in [0.15, 0.2) is 0 Å². The highest BCUT2D eigenvalue weighted by atomic mass is 28.3. The molecule has 0 fully saturated rings. The maximum absolute atomic E-state index is 12.9. The molecule has 1 aromatic rings. The third-order valence-electron chi connectivity index (χ3n) is 4.78. The van der Waals surface area contributed by atoms with Gasteiger partial charge >= 0.3 is 12.1 Å². The van der Waals surface area contributed by atoms with Crippen LogP contribution in [0.4, 0.5) is 4.79 Å². The molecule has 0 aliphatic carbocycles. The molecular weight excluding hydrogens is 346 g/mol. The van der Waals surface area contributed by atoms with Gasteiger partial charge in [-0.3, -0.25) is 4.79 Å². The Hall–Kier alpha value is -1.82. The molecule has 1 unspecified atom stereocenters. The lowest BCUT2D eigenvalue weighted by atomic mass is 10.2. The Morgan fingerprint density at radius 1 is 1.04 bits per heavy atom. The highest BCUT2D eigenvalue weighted by Gasteiger charge is 2.48. The van der Waals surface area contributed by atoms with Gasteiger partial charge in [-0.2, -0.15) is 0 Å². The van der Waals surface area contributed by atoms with Crippen molar-refractivity contribution in [3.05, 3.63) is 35.9 Å². The summed E-state index contributed by atoms with van der Waals surface area (Å²) in [6.07, 6.45) is -0.594. The number of alkyl carbamates (subject to hydrolysis) is 1. The number of carbonyl (C=O) groups excluding carboxylic acids is 2. The predicted octanol–water partition coefficient (Wildman–Crippen LogP) is 4.67. The zero-order valence-corrected chi connectivity index (χ0v) is 18.3. The standard InChI is InChI=1S/C20H33NO4Si/c1-19(2,3)25-18(23)21-16(26(7,8)20(4,5)6)17(22)24-14-15-12-10-9-11-13-15/h9-13,16H,14H2,1-8H3,(H,21,23). The lowest BCUT2D eigenvalue weighted by molar-refractivity contribution is -0.145. The number of rotatable bonds is 5. The van der Waals surface area contributed by atoms with Crippen molar-refractivity contribution in [3.8, 4) is 0 Å². The molecule has 26 heavy (non-hydrogen) atoms. The van der Waals surface area contributed by atoms with Crippen LogP contribution in [0.2, 0.25) is 18.1 Å². The molecule has 0 bridgehead atoms. The summed E-state index contributed by atoms with van der Waals surface area (Å²) in [6, 6.07) is 9.50. The fraction of sp³-hybridized carbons (Fsp3) is 0.600. The molecule has 1 amide bonds. The van der Waals surface area contributed by atoms with Crippen molar-refractivity contribution in [3.63, 3.8) is 0 Å². The second-order valence-corrected chi connectivity index (χ2v) is 14.7. The van der Waals surface area contributed by atoms with Crippen LogP contribution in [-0.2, 0) is 20.9 Å². The van der Waals surface area contributed by atoms with Crippen molar-refractivity contribution < 1.29 is 19.1 Å². The molecule has 5 nitrogen and oxygen atoms in total. The minimum Gasteiger partial charge on any atom is -0.460 e. The number of carbonyl (C=O) groups is 2. The first-order valence-electron chi connectivity index (χ1n) is 8.94. The fourth-order valence-electron chi connectivity index (χ4n) is 2.20. The second-order valence-electron chi connectivity index (χ2n) is 9.14. The van der Waals surface area contributed by atoms with E-state index in [0.717, 1.165) is 5.56 Å². The smallest absolute Gasteiger partial charge is 0.408 e. The van der Waals surface area contributed by atoms with Crippen molar-refractivity contribution in [1.29, 1.82) is 0 Å². The van der Waals surface area contributed by atoms with Crippen molar-refractivity contribution in [2.45, 2.75) is 77.5 Å². The monoisotopic (exact) mass is 379 g/mol. The quantitative estimate of drug-likeness (QED) is 0.596. The summed E-state index contributed by atoms with van der Waals surface area (Å²) in [5, 5.41) is 2.67. The summed E-state index contributed by atoms with van der Waals surface area (Å²) >= 11 is 0. The molecule has 0 saturated heterocycles. The van der Waals surface area contributed by atoms with Gasteiger partial charge in [-0.25, -0.2) is 4.79 Å². The van der Waals surface area contributed by atoms with Crippen molar-refractivity contribution in [2.75, 3.05) is 0 Å². The minimum absolute atomic E-state index is 0.113. The predicted molar refractivity (Wildman–Crippen MR) is 107 cm³/mol. The number of nitrogens with one attached hydrogen (secondary N) is 1. The van der Waals surface area contributed by atoms with Crippen LogP contribution in [0.15, 0.2) is 30.3 Å². The van der Waals surface area contributed by atoms with Gasteiger partial charge in [-0.05, 0) is 31.4 Å². The first-order valence-corrected chi connectivity index (χ1v) is 12.0. The van der Waals surface area contributed by atoms with E-state index in [1.165, 1.54) is 0 Å². The van der Waals surface area contributed by atoms with Gasteiger partial charge < -0.3 is 14.8 Å². The van der Waals surface area contributed by atoms with Gasteiger partial charge in [0, 0.05) is 0 Å². The highest BCUT2D eigenvalue weighted by molar-refractivity contribution is 6.84. The van der Waals surface area contributed by atoms with Gasteiger partial charge in [-0.15, -0.1) is 0 Å². The Bertz CT molecular complexity index is 615. The molecule has 6 heteroatoms. The number of amides is 1. The average molecular weight is 380 g/mol. The van der Waals surface area contributed by atoms with Crippen LogP contribution < -0.4 is 5.32 Å². The molecule has 146 valence electrons. The third kappa shape index (κ3) is 6.48. The Balaban J connectivity index is 2.96. The zero-order valence-electron chi connectivity index (χ0n) is 17.3. The fourth-order valence-corrected chi connectivity index (χ4v) is 4.22. The van der Waals surface area contributed by atoms with Crippen LogP contribution in [0.5, 0.6) is 0 Å². The first kappa shape index (κ1) is 22.2. The van der Waals surface area contributed by atoms with Gasteiger partial charge in [0.05, 0.1) is 8.07 Å². The van der Waals surface area contributed by atoms with Crippen molar-refractivity contribution in [1.82, 2.24) is 5.32 Å². The molecule has 0 aliphatic heterocycles. The summed E-state index contributed by atoms with van der Waals surface area (Å²) < 4.78 is 10.9. The molecule has 1 rings (SSSR count). The Morgan fingerprint density at radius 3 is 2.04 bits per heavy atom. The largest absolute Gasteiger partial charge is 0.460 e. The SMILES string of the molecule is CC(C)(C)OC(=O)NC(C(=O)OCc1ccccc1)[Si](C)(C)C(C)(C)C. The maximum atomic E-state index is 12.9. The molecular formula is C20H33NO4Si. The van der Waals surface area contributed by atoms with Crippen molar-refractivity contribution >= 4 is 20.1 Å². The second kappa shape index (κ2) is 8.25. The third-order valence-corrected chi connectivity index (χ3v) is 10.5. The van der Waals surface area contributed by atoms with Gasteiger partial charge in [0.25, 0.3) is 0 Å². The van der Waals surface area contributed by atoms with E-state index >= 15 is 0 Å². The van der Waals surface area contributed by atoms with E-state index in [9.17, 15) is 9.59 Å². The zero-order chi connectivity index (χ0) is 20.2. The van der Waals surface area contributed by atoms with Gasteiger partial charge in [-0.1, -0.05) is 64.2 Å².